The van der Waals surface area contributed by atoms with Gasteiger partial charge in [-0.1, -0.05) is 6.07 Å². The molecule has 2 heterocycles. The fourth-order valence-electron chi connectivity index (χ4n) is 2.68. The van der Waals surface area contributed by atoms with Crippen LogP contribution in [0, 0.1) is 0 Å². The van der Waals surface area contributed by atoms with E-state index in [9.17, 15) is 4.79 Å². The first-order valence-electron chi connectivity index (χ1n) is 7.88. The van der Waals surface area contributed by atoms with Crippen molar-refractivity contribution in [3.05, 3.63) is 35.7 Å². The van der Waals surface area contributed by atoms with E-state index in [-0.39, 0.29) is 5.91 Å². The molecule has 1 saturated heterocycles. The zero-order valence-electron chi connectivity index (χ0n) is 13.6. The molecule has 5 N–H and O–H groups in total. The Morgan fingerprint density at radius 2 is 2.17 bits per heavy atom. The maximum absolute atomic E-state index is 12.3. The number of nitrogens with one attached hydrogen (secondary N) is 3. The third kappa shape index (κ3) is 3.66. The predicted molar refractivity (Wildman–Crippen MR) is 93.0 cm³/mol. The van der Waals surface area contributed by atoms with Gasteiger partial charge >= 0.3 is 0 Å². The number of hydrogen-bond donors (Lipinski definition) is 4. The van der Waals surface area contributed by atoms with Crippen LogP contribution in [0.4, 0.5) is 17.1 Å². The van der Waals surface area contributed by atoms with Crippen molar-refractivity contribution in [3.8, 4) is 0 Å². The van der Waals surface area contributed by atoms with Crippen molar-refractivity contribution in [3.63, 3.8) is 0 Å². The Balaban J connectivity index is 1.67. The van der Waals surface area contributed by atoms with Crippen LogP contribution >= 0.6 is 0 Å². The molecule has 1 aliphatic heterocycles. The number of nitrogens with zero attached hydrogens (tertiary/aromatic N) is 2. The summed E-state index contributed by atoms with van der Waals surface area (Å²) >= 11 is 0. The van der Waals surface area contributed by atoms with Crippen molar-refractivity contribution in [2.75, 3.05) is 49.7 Å². The Morgan fingerprint density at radius 3 is 2.88 bits per heavy atom. The predicted octanol–water partition coefficient (Wildman–Crippen LogP) is 1.12. The number of aromatic amines is 1. The second-order valence-electron chi connectivity index (χ2n) is 5.67. The van der Waals surface area contributed by atoms with Gasteiger partial charge in [0, 0.05) is 26.7 Å². The average molecular weight is 330 g/mol. The molecule has 2 aromatic rings. The first-order chi connectivity index (χ1) is 11.7. The number of H-pyrrole nitrogens is 1. The highest BCUT2D eigenvalue weighted by atomic mass is 16.5. The molecule has 0 aliphatic carbocycles. The number of nitrogens with two attached hydrogens (primary N) is 1. The molecule has 0 bridgehead atoms. The minimum Gasteiger partial charge on any atom is -0.397 e. The maximum atomic E-state index is 12.3. The molecule has 0 atom stereocenters. The normalized spacial score (nSPS) is 15.2. The molecule has 1 aromatic heterocycles. The molecule has 8 nitrogen and oxygen atoms in total. The molecule has 1 fully saturated rings. The van der Waals surface area contributed by atoms with Gasteiger partial charge in [0.2, 0.25) is 0 Å². The van der Waals surface area contributed by atoms with Gasteiger partial charge in [-0.2, -0.15) is 5.10 Å². The highest BCUT2D eigenvalue weighted by Crippen LogP contribution is 2.22. The van der Waals surface area contributed by atoms with E-state index in [0.29, 0.717) is 22.8 Å². The summed E-state index contributed by atoms with van der Waals surface area (Å²) in [6.45, 7) is 4.20. The van der Waals surface area contributed by atoms with Crippen molar-refractivity contribution in [2.24, 2.45) is 0 Å². The molecular formula is C16H22N6O2. The summed E-state index contributed by atoms with van der Waals surface area (Å²) in [5.41, 5.74) is 9.35. The lowest BCUT2D eigenvalue weighted by Gasteiger charge is -2.26. The van der Waals surface area contributed by atoms with Crippen LogP contribution in [0.3, 0.4) is 0 Å². The van der Waals surface area contributed by atoms with Gasteiger partial charge in [0.25, 0.3) is 5.91 Å². The van der Waals surface area contributed by atoms with Crippen molar-refractivity contribution in [1.82, 2.24) is 15.1 Å². The van der Waals surface area contributed by atoms with E-state index >= 15 is 0 Å². The number of benzene rings is 1. The second-order valence-corrected chi connectivity index (χ2v) is 5.67. The van der Waals surface area contributed by atoms with Gasteiger partial charge < -0.3 is 21.1 Å². The molecule has 3 rings (SSSR count). The number of hydrogen-bond acceptors (Lipinski definition) is 6. The number of nitrogen functional groups attached to an aromatic ring is 1. The summed E-state index contributed by atoms with van der Waals surface area (Å²) in [6.07, 6.45) is 1.56. The molecule has 1 aromatic carbocycles. The topological polar surface area (TPSA) is 108 Å². The van der Waals surface area contributed by atoms with Gasteiger partial charge in [0.1, 0.15) is 5.69 Å². The van der Waals surface area contributed by atoms with Gasteiger partial charge in [-0.25, -0.2) is 0 Å². The van der Waals surface area contributed by atoms with Crippen molar-refractivity contribution < 1.29 is 9.53 Å². The van der Waals surface area contributed by atoms with Gasteiger partial charge in [-0.05, 0) is 17.7 Å². The van der Waals surface area contributed by atoms with E-state index in [0.717, 1.165) is 38.4 Å². The summed E-state index contributed by atoms with van der Waals surface area (Å²) in [7, 11) is 1.73. The molecule has 1 aliphatic rings. The molecule has 0 spiro atoms. The van der Waals surface area contributed by atoms with Gasteiger partial charge in [0.05, 0.1) is 36.5 Å². The minimum absolute atomic E-state index is 0.288. The number of morpholine rings is 1. The van der Waals surface area contributed by atoms with E-state index in [4.69, 9.17) is 10.5 Å². The van der Waals surface area contributed by atoms with E-state index < -0.39 is 0 Å². The van der Waals surface area contributed by atoms with Crippen LogP contribution in [0.1, 0.15) is 16.1 Å². The van der Waals surface area contributed by atoms with Crippen LogP contribution in [-0.2, 0) is 11.3 Å². The van der Waals surface area contributed by atoms with Crippen LogP contribution in [0.2, 0.25) is 0 Å². The fraction of sp³-hybridized carbons (Fsp3) is 0.375. The lowest BCUT2D eigenvalue weighted by Crippen LogP contribution is -2.35. The quantitative estimate of drug-likeness (QED) is 0.612. The summed E-state index contributed by atoms with van der Waals surface area (Å²) in [4.78, 5) is 14.6. The van der Waals surface area contributed by atoms with Crippen molar-refractivity contribution in [1.29, 1.82) is 0 Å². The van der Waals surface area contributed by atoms with Crippen LogP contribution in [0.25, 0.3) is 0 Å². The van der Waals surface area contributed by atoms with E-state index in [1.807, 2.05) is 18.2 Å². The Labute approximate surface area is 140 Å². The highest BCUT2D eigenvalue weighted by Gasteiger charge is 2.15. The Hall–Kier alpha value is -2.58. The number of carbonyl (C=O) groups excluding carboxylic acids is 1. The number of amides is 1. The second kappa shape index (κ2) is 7.33. The average Bonchev–Trinajstić information content (AvgIpc) is 3.07. The van der Waals surface area contributed by atoms with Gasteiger partial charge in [0.15, 0.2) is 0 Å². The molecule has 1 amide bonds. The Bertz CT molecular complexity index is 708. The van der Waals surface area contributed by atoms with Crippen molar-refractivity contribution in [2.45, 2.75) is 6.54 Å². The minimum atomic E-state index is -0.288. The molecule has 0 radical (unpaired) electrons. The lowest BCUT2D eigenvalue weighted by atomic mass is 10.1. The highest BCUT2D eigenvalue weighted by molar-refractivity contribution is 6.07. The molecule has 0 unspecified atom stereocenters. The number of aromatic nitrogens is 2. The first-order valence-corrected chi connectivity index (χ1v) is 7.88. The van der Waals surface area contributed by atoms with E-state index in [1.54, 1.807) is 13.2 Å². The van der Waals surface area contributed by atoms with Crippen LogP contribution < -0.4 is 16.4 Å². The number of anilines is 3. The fourth-order valence-corrected chi connectivity index (χ4v) is 2.68. The van der Waals surface area contributed by atoms with Crippen LogP contribution in [0.5, 0.6) is 0 Å². The first kappa shape index (κ1) is 16.3. The largest absolute Gasteiger partial charge is 0.397 e. The summed E-state index contributed by atoms with van der Waals surface area (Å²) < 4.78 is 5.35. The Morgan fingerprint density at radius 1 is 1.38 bits per heavy atom. The van der Waals surface area contributed by atoms with Gasteiger partial charge in [-0.3, -0.25) is 14.8 Å². The summed E-state index contributed by atoms with van der Waals surface area (Å²) in [5.74, 6) is -0.288. The number of rotatable bonds is 5. The summed E-state index contributed by atoms with van der Waals surface area (Å²) in [5, 5.41) is 12.3. The monoisotopic (exact) mass is 330 g/mol. The zero-order valence-corrected chi connectivity index (χ0v) is 13.6. The third-order valence-corrected chi connectivity index (χ3v) is 4.01. The van der Waals surface area contributed by atoms with Crippen LogP contribution in [0.15, 0.2) is 24.4 Å². The Kier molecular flexibility index (Phi) is 4.97. The molecule has 0 saturated carbocycles. The molecule has 128 valence electrons. The zero-order chi connectivity index (χ0) is 16.9. The van der Waals surface area contributed by atoms with Crippen LogP contribution in [-0.4, -0.2) is 54.4 Å². The number of carbonyl (C=O) groups is 1. The molecular weight excluding hydrogens is 308 g/mol. The van der Waals surface area contributed by atoms with E-state index in [1.165, 1.54) is 0 Å². The van der Waals surface area contributed by atoms with E-state index in [2.05, 4.69) is 25.7 Å². The third-order valence-electron chi connectivity index (χ3n) is 4.01. The SMILES string of the molecule is CNc1cn[nH]c1C(=O)Nc1ccc(CN2CCOCC2)cc1N. The summed E-state index contributed by atoms with van der Waals surface area (Å²) in [6, 6.07) is 5.71. The smallest absolute Gasteiger partial charge is 0.275 e. The van der Waals surface area contributed by atoms with Crippen molar-refractivity contribution >= 4 is 23.0 Å². The molecule has 8 heteroatoms. The maximum Gasteiger partial charge on any atom is 0.275 e. The van der Waals surface area contributed by atoms with Gasteiger partial charge in [-0.15, -0.1) is 0 Å². The number of ether oxygens (including phenoxy) is 1. The lowest BCUT2D eigenvalue weighted by molar-refractivity contribution is 0.0342. The standard InChI is InChI=1S/C16H22N6O2/c1-18-14-9-19-21-15(14)16(23)20-13-3-2-11(8-12(13)17)10-22-4-6-24-7-5-22/h2-3,8-9,18H,4-7,10,17H2,1H3,(H,19,21)(H,20,23). The molecule has 24 heavy (non-hydrogen) atoms.